The minimum Gasteiger partial charge on any atom is -0.497 e. The van der Waals surface area contributed by atoms with E-state index >= 15 is 0 Å². The summed E-state index contributed by atoms with van der Waals surface area (Å²) in [6.45, 7) is 2.72. The summed E-state index contributed by atoms with van der Waals surface area (Å²) in [5.41, 5.74) is 4.26. The Balaban J connectivity index is 1.49. The maximum absolute atomic E-state index is 13.4. The molecule has 2 bridgehead atoms. The van der Waals surface area contributed by atoms with Gasteiger partial charge in [-0.25, -0.2) is 4.79 Å². The highest BCUT2D eigenvalue weighted by Crippen LogP contribution is 2.45. The topological polar surface area (TPSA) is 61.9 Å². The molecular formula is C24H27N3O3. The summed E-state index contributed by atoms with van der Waals surface area (Å²) in [5, 5.41) is 3.02. The normalized spacial score (nSPS) is 24.7. The average Bonchev–Trinajstić information content (AvgIpc) is 2.77. The second-order valence-corrected chi connectivity index (χ2v) is 8.51. The molecule has 0 saturated carbocycles. The van der Waals surface area contributed by atoms with Crippen LogP contribution in [0.1, 0.15) is 42.0 Å². The van der Waals surface area contributed by atoms with E-state index in [1.54, 1.807) is 7.11 Å². The van der Waals surface area contributed by atoms with Crippen LogP contribution in [0.25, 0.3) is 0 Å². The van der Waals surface area contributed by atoms with Gasteiger partial charge < -0.3 is 19.9 Å². The van der Waals surface area contributed by atoms with Crippen LogP contribution in [0.2, 0.25) is 0 Å². The number of hydrogen-bond donors (Lipinski definition) is 1. The molecule has 3 atom stereocenters. The molecule has 0 aromatic heterocycles. The molecule has 156 valence electrons. The maximum atomic E-state index is 13.4. The molecule has 2 aromatic carbocycles. The van der Waals surface area contributed by atoms with Crippen molar-refractivity contribution in [1.82, 2.24) is 9.80 Å². The van der Waals surface area contributed by atoms with E-state index in [-0.39, 0.29) is 30.1 Å². The number of hydrogen-bond acceptors (Lipinski definition) is 3. The Morgan fingerprint density at radius 2 is 1.93 bits per heavy atom. The molecule has 6 heteroatoms. The average molecular weight is 405 g/mol. The number of anilines is 1. The Bertz CT molecular complexity index is 988. The number of nitrogens with one attached hydrogen (secondary N) is 1. The summed E-state index contributed by atoms with van der Waals surface area (Å²) in [4.78, 5) is 30.6. The van der Waals surface area contributed by atoms with Gasteiger partial charge in [-0.1, -0.05) is 23.8 Å². The largest absolute Gasteiger partial charge is 0.497 e. The van der Waals surface area contributed by atoms with E-state index < -0.39 is 0 Å². The molecule has 0 spiro atoms. The third-order valence-corrected chi connectivity index (χ3v) is 6.77. The fraction of sp³-hybridized carbons (Fsp3) is 0.417. The fourth-order valence-electron chi connectivity index (χ4n) is 5.31. The molecule has 2 saturated heterocycles. The highest BCUT2D eigenvalue weighted by Gasteiger charge is 2.52. The standard InChI is InChI=1S/C24H27N3O3/c1-15-6-8-17(9-7-15)25-24(29)27-20-4-3-5-21(27)23(28)26-13-12-16-14-18(30-2)10-11-19(16)22(20)26/h6-11,14,20-22H,3-5,12-13H2,1-2H3,(H,25,29). The lowest BCUT2D eigenvalue weighted by Gasteiger charge is -2.55. The van der Waals surface area contributed by atoms with Gasteiger partial charge in [0.15, 0.2) is 0 Å². The summed E-state index contributed by atoms with van der Waals surface area (Å²) in [5.74, 6) is 0.913. The zero-order valence-corrected chi connectivity index (χ0v) is 17.4. The van der Waals surface area contributed by atoms with Crippen molar-refractivity contribution in [2.45, 2.75) is 50.7 Å². The Kier molecular flexibility index (Phi) is 4.65. The number of aryl methyl sites for hydroxylation is 1. The van der Waals surface area contributed by atoms with Crippen molar-refractivity contribution in [3.63, 3.8) is 0 Å². The molecule has 1 N–H and O–H groups in total. The van der Waals surface area contributed by atoms with Gasteiger partial charge in [-0.3, -0.25) is 4.79 Å². The van der Waals surface area contributed by atoms with Gasteiger partial charge in [0, 0.05) is 12.2 Å². The Morgan fingerprint density at radius 1 is 1.13 bits per heavy atom. The first-order chi connectivity index (χ1) is 14.6. The summed E-state index contributed by atoms with van der Waals surface area (Å²) >= 11 is 0. The van der Waals surface area contributed by atoms with Gasteiger partial charge in [0.2, 0.25) is 5.91 Å². The van der Waals surface area contributed by atoms with Crippen molar-refractivity contribution >= 4 is 17.6 Å². The van der Waals surface area contributed by atoms with E-state index in [2.05, 4.69) is 17.4 Å². The van der Waals surface area contributed by atoms with Crippen molar-refractivity contribution in [1.29, 1.82) is 0 Å². The predicted octanol–water partition coefficient (Wildman–Crippen LogP) is 3.90. The van der Waals surface area contributed by atoms with E-state index in [1.807, 2.05) is 47.1 Å². The first-order valence-electron chi connectivity index (χ1n) is 10.7. The smallest absolute Gasteiger partial charge is 0.322 e. The first-order valence-corrected chi connectivity index (χ1v) is 10.7. The van der Waals surface area contributed by atoms with Gasteiger partial charge in [0.25, 0.3) is 0 Å². The van der Waals surface area contributed by atoms with E-state index in [0.717, 1.165) is 48.2 Å². The van der Waals surface area contributed by atoms with Gasteiger partial charge in [-0.05, 0) is 68.0 Å². The van der Waals surface area contributed by atoms with Gasteiger partial charge in [0.1, 0.15) is 11.8 Å². The van der Waals surface area contributed by atoms with Crippen molar-refractivity contribution in [3.05, 3.63) is 59.2 Å². The third-order valence-electron chi connectivity index (χ3n) is 6.77. The molecule has 5 rings (SSSR count). The molecule has 30 heavy (non-hydrogen) atoms. The first kappa shape index (κ1) is 19.0. The molecule has 3 unspecified atom stereocenters. The van der Waals surface area contributed by atoms with Crippen LogP contribution < -0.4 is 10.1 Å². The summed E-state index contributed by atoms with van der Waals surface area (Å²) in [6, 6.07) is 13.2. The number of piperidine rings is 1. The number of carbonyl (C=O) groups excluding carboxylic acids is 2. The number of piperazine rings is 1. The maximum Gasteiger partial charge on any atom is 0.322 e. The molecule has 2 aromatic rings. The second kappa shape index (κ2) is 7.35. The van der Waals surface area contributed by atoms with Crippen molar-refractivity contribution < 1.29 is 14.3 Å². The van der Waals surface area contributed by atoms with Gasteiger partial charge in [-0.15, -0.1) is 0 Å². The third kappa shape index (κ3) is 3.02. The fourth-order valence-corrected chi connectivity index (χ4v) is 5.31. The van der Waals surface area contributed by atoms with E-state index in [4.69, 9.17) is 4.74 Å². The molecule has 3 aliphatic rings. The summed E-state index contributed by atoms with van der Waals surface area (Å²) < 4.78 is 5.40. The molecule has 3 aliphatic heterocycles. The quantitative estimate of drug-likeness (QED) is 0.824. The highest BCUT2D eigenvalue weighted by atomic mass is 16.5. The molecular weight excluding hydrogens is 378 g/mol. The van der Waals surface area contributed by atoms with Crippen molar-refractivity contribution in [3.8, 4) is 5.75 Å². The number of methoxy groups -OCH3 is 1. The van der Waals surface area contributed by atoms with Crippen LogP contribution >= 0.6 is 0 Å². The van der Waals surface area contributed by atoms with Gasteiger partial charge in [0.05, 0.1) is 19.2 Å². The minimum atomic E-state index is -0.370. The highest BCUT2D eigenvalue weighted by molar-refractivity contribution is 5.95. The second-order valence-electron chi connectivity index (χ2n) is 8.51. The lowest BCUT2D eigenvalue weighted by atomic mass is 9.78. The number of ether oxygens (including phenoxy) is 1. The van der Waals surface area contributed by atoms with Crippen LogP contribution in [0, 0.1) is 6.92 Å². The number of rotatable bonds is 2. The molecule has 2 fully saturated rings. The lowest BCUT2D eigenvalue weighted by Crippen LogP contribution is -2.67. The number of benzene rings is 2. The van der Waals surface area contributed by atoms with Crippen LogP contribution in [0.15, 0.2) is 42.5 Å². The molecule has 6 nitrogen and oxygen atoms in total. The number of amides is 3. The van der Waals surface area contributed by atoms with Crippen LogP contribution in [0.3, 0.4) is 0 Å². The van der Waals surface area contributed by atoms with E-state index in [9.17, 15) is 9.59 Å². The van der Waals surface area contributed by atoms with E-state index in [1.165, 1.54) is 5.56 Å². The SMILES string of the molecule is COc1ccc2c(c1)CCN1C(=O)C3CCCC(C21)N3C(=O)Nc1ccc(C)cc1. The minimum absolute atomic E-state index is 0.0145. The lowest BCUT2D eigenvalue weighted by molar-refractivity contribution is -0.152. The van der Waals surface area contributed by atoms with Crippen LogP contribution in [0.5, 0.6) is 5.75 Å². The molecule has 0 radical (unpaired) electrons. The number of carbonyl (C=O) groups is 2. The van der Waals surface area contributed by atoms with Crippen molar-refractivity contribution in [2.24, 2.45) is 0 Å². The Morgan fingerprint density at radius 3 is 2.70 bits per heavy atom. The molecule has 0 aliphatic carbocycles. The zero-order chi connectivity index (χ0) is 20.8. The number of urea groups is 1. The molecule has 3 amide bonds. The number of fused-ring (bicyclic) bond motifs is 6. The predicted molar refractivity (Wildman–Crippen MR) is 115 cm³/mol. The molecule has 3 heterocycles. The van der Waals surface area contributed by atoms with Crippen molar-refractivity contribution in [2.75, 3.05) is 19.0 Å². The van der Waals surface area contributed by atoms with E-state index in [0.29, 0.717) is 6.54 Å². The Labute approximate surface area is 176 Å². The van der Waals surface area contributed by atoms with Gasteiger partial charge in [-0.2, -0.15) is 0 Å². The monoisotopic (exact) mass is 405 g/mol. The van der Waals surface area contributed by atoms with Crippen LogP contribution in [-0.2, 0) is 11.2 Å². The number of nitrogens with zero attached hydrogens (tertiary/aromatic N) is 2. The summed E-state index contributed by atoms with van der Waals surface area (Å²) in [6.07, 6.45) is 3.42. The summed E-state index contributed by atoms with van der Waals surface area (Å²) in [7, 11) is 1.67. The van der Waals surface area contributed by atoms with Crippen LogP contribution in [-0.4, -0.2) is 47.5 Å². The van der Waals surface area contributed by atoms with Gasteiger partial charge >= 0.3 is 6.03 Å². The zero-order valence-electron chi connectivity index (χ0n) is 17.4. The van der Waals surface area contributed by atoms with Crippen LogP contribution in [0.4, 0.5) is 10.5 Å². The Hall–Kier alpha value is -3.02.